The Morgan fingerprint density at radius 3 is 1.40 bits per heavy atom. The molecular weight excluding hydrogens is 326 g/mol. The summed E-state index contributed by atoms with van der Waals surface area (Å²) in [7, 11) is 0. The summed E-state index contributed by atoms with van der Waals surface area (Å²) in [5, 5.41) is 1.58. The Morgan fingerprint density at radius 1 is 0.700 bits per heavy atom. The summed E-state index contributed by atoms with van der Waals surface area (Å²) >= 11 is 17.4. The molecule has 0 aromatic heterocycles. The van der Waals surface area contributed by atoms with Gasteiger partial charge in [0.1, 0.15) is 12.3 Å². The van der Waals surface area contributed by atoms with Crippen LogP contribution < -0.4 is 0 Å². The highest BCUT2D eigenvalue weighted by atomic mass is 35.5. The molecule has 0 heterocycles. The monoisotopic (exact) mass is 341 g/mol. The van der Waals surface area contributed by atoms with Crippen molar-refractivity contribution >= 4 is 41.7 Å². The molecule has 104 valence electrons. The molecule has 2 aromatic carbocycles. The van der Waals surface area contributed by atoms with Crippen LogP contribution in [0.25, 0.3) is 0 Å². The molecule has 0 bridgehead atoms. The molecule has 0 aliphatic rings. The van der Waals surface area contributed by atoms with Crippen molar-refractivity contribution in [2.24, 2.45) is 0 Å². The summed E-state index contributed by atoms with van der Waals surface area (Å²) in [6, 6.07) is 16.1. The third kappa shape index (κ3) is 5.50. The Hall–Kier alpha value is -0.460. The maximum absolute atomic E-state index is 5.88. The number of hydrogen-bond acceptors (Lipinski definition) is 1. The van der Waals surface area contributed by atoms with E-state index in [0.717, 1.165) is 35.2 Å². The fourth-order valence-electron chi connectivity index (χ4n) is 1.92. The minimum absolute atomic E-state index is 0.326. The second-order valence-corrected chi connectivity index (χ2v) is 8.96. The number of benzene rings is 2. The van der Waals surface area contributed by atoms with E-state index < -0.39 is 0 Å². The predicted octanol–water partition coefficient (Wildman–Crippen LogP) is 5.72. The first-order valence-corrected chi connectivity index (χ1v) is 10.0. The van der Waals surface area contributed by atoms with Crippen LogP contribution in [0.1, 0.15) is 11.1 Å². The Balaban J connectivity index is 1.75. The third-order valence-electron chi connectivity index (χ3n) is 3.13. The number of halogens is 2. The van der Waals surface area contributed by atoms with Crippen molar-refractivity contribution in [2.75, 3.05) is 12.3 Å². The van der Waals surface area contributed by atoms with Crippen molar-refractivity contribution in [2.45, 2.75) is 12.8 Å². The van der Waals surface area contributed by atoms with Crippen molar-refractivity contribution in [3.63, 3.8) is 0 Å². The van der Waals surface area contributed by atoms with Crippen molar-refractivity contribution in [3.05, 3.63) is 69.7 Å². The van der Waals surface area contributed by atoms with Crippen LogP contribution in [-0.4, -0.2) is 12.3 Å². The molecule has 0 radical (unpaired) electrons. The first kappa shape index (κ1) is 15.9. The zero-order valence-corrected chi connectivity index (χ0v) is 14.3. The summed E-state index contributed by atoms with van der Waals surface area (Å²) in [5.41, 5.74) is 2.64. The molecule has 0 nitrogen and oxygen atoms in total. The predicted molar refractivity (Wildman–Crippen MR) is 94.3 cm³/mol. The zero-order chi connectivity index (χ0) is 14.4. The van der Waals surface area contributed by atoms with Gasteiger partial charge >= 0.3 is 0 Å². The van der Waals surface area contributed by atoms with Gasteiger partial charge in [-0.3, -0.25) is 0 Å². The standard InChI is InChI=1S/C16H16Cl2PS/c17-15-5-1-13(2-6-15)9-11-19(20)12-10-14-3-7-16(18)8-4-14/h1-8H,9-12H2/q+1. The highest BCUT2D eigenvalue weighted by molar-refractivity contribution is 8.05. The van der Waals surface area contributed by atoms with Crippen molar-refractivity contribution in [1.29, 1.82) is 0 Å². The first-order chi connectivity index (χ1) is 9.63. The van der Waals surface area contributed by atoms with E-state index in [9.17, 15) is 0 Å². The SMILES string of the molecule is S=[P+](CCc1ccc(Cl)cc1)CCc1ccc(Cl)cc1. The second-order valence-electron chi connectivity index (χ2n) is 4.68. The molecule has 2 rings (SSSR count). The van der Waals surface area contributed by atoms with Gasteiger partial charge in [0.25, 0.3) is 0 Å². The second kappa shape index (κ2) is 8.10. The molecule has 0 spiro atoms. The minimum atomic E-state index is -0.326. The van der Waals surface area contributed by atoms with Crippen LogP contribution >= 0.6 is 29.9 Å². The lowest BCUT2D eigenvalue weighted by Crippen LogP contribution is -1.93. The minimum Gasteiger partial charge on any atom is -0.0843 e. The highest BCUT2D eigenvalue weighted by Gasteiger charge is 2.10. The van der Waals surface area contributed by atoms with E-state index in [0.29, 0.717) is 0 Å². The highest BCUT2D eigenvalue weighted by Crippen LogP contribution is 2.24. The van der Waals surface area contributed by atoms with E-state index in [1.54, 1.807) is 0 Å². The Morgan fingerprint density at radius 2 is 1.05 bits per heavy atom. The van der Waals surface area contributed by atoms with Crippen LogP contribution in [-0.2, 0) is 24.6 Å². The number of rotatable bonds is 6. The third-order valence-corrected chi connectivity index (χ3v) is 6.17. The summed E-state index contributed by atoms with van der Waals surface area (Å²) in [4.78, 5) is 0. The van der Waals surface area contributed by atoms with Gasteiger partial charge in [-0.05, 0) is 35.4 Å². The molecule has 0 fully saturated rings. The first-order valence-electron chi connectivity index (χ1n) is 6.54. The molecule has 0 atom stereocenters. The molecule has 4 heteroatoms. The van der Waals surface area contributed by atoms with Gasteiger partial charge in [-0.15, -0.1) is 0 Å². The lowest BCUT2D eigenvalue weighted by Gasteiger charge is -1.99. The maximum atomic E-state index is 5.88. The molecule has 0 unspecified atom stereocenters. The molecular formula is C16H16Cl2PS+. The van der Waals surface area contributed by atoms with Crippen LogP contribution in [0.4, 0.5) is 0 Å². The molecule has 20 heavy (non-hydrogen) atoms. The Bertz CT molecular complexity index is 513. The van der Waals surface area contributed by atoms with Crippen molar-refractivity contribution in [1.82, 2.24) is 0 Å². The zero-order valence-electron chi connectivity index (χ0n) is 11.1. The van der Waals surface area contributed by atoms with Gasteiger partial charge in [0.05, 0.1) is 0 Å². The lowest BCUT2D eigenvalue weighted by molar-refractivity contribution is 1.11. The number of aryl methyl sites for hydroxylation is 2. The topological polar surface area (TPSA) is 0 Å². The van der Waals surface area contributed by atoms with E-state index in [1.807, 2.05) is 24.3 Å². The van der Waals surface area contributed by atoms with Gasteiger partial charge in [-0.25, -0.2) is 0 Å². The Labute approximate surface area is 136 Å². The van der Waals surface area contributed by atoms with Gasteiger partial charge < -0.3 is 0 Å². The summed E-state index contributed by atoms with van der Waals surface area (Å²) in [6.45, 7) is -0.326. The van der Waals surface area contributed by atoms with E-state index in [1.165, 1.54) is 11.1 Å². The van der Waals surface area contributed by atoms with Crippen LogP contribution in [0.3, 0.4) is 0 Å². The van der Waals surface area contributed by atoms with E-state index in [4.69, 9.17) is 35.0 Å². The number of hydrogen-bond donors (Lipinski definition) is 0. The van der Waals surface area contributed by atoms with Crippen LogP contribution in [0, 0.1) is 0 Å². The average Bonchev–Trinajstić information content (AvgIpc) is 2.46. The largest absolute Gasteiger partial charge is 0.175 e. The molecule has 2 aromatic rings. The van der Waals surface area contributed by atoms with Gasteiger partial charge in [-0.1, -0.05) is 47.5 Å². The van der Waals surface area contributed by atoms with E-state index >= 15 is 0 Å². The fourth-order valence-corrected chi connectivity index (χ4v) is 3.96. The molecule has 0 aliphatic carbocycles. The van der Waals surface area contributed by atoms with Crippen LogP contribution in [0.2, 0.25) is 10.0 Å². The van der Waals surface area contributed by atoms with Crippen molar-refractivity contribution in [3.8, 4) is 0 Å². The maximum Gasteiger partial charge on any atom is 0.175 e. The quantitative estimate of drug-likeness (QED) is 0.605. The van der Waals surface area contributed by atoms with Crippen LogP contribution in [0.5, 0.6) is 0 Å². The Kier molecular flexibility index (Phi) is 6.45. The van der Waals surface area contributed by atoms with E-state index in [2.05, 4.69) is 24.3 Å². The van der Waals surface area contributed by atoms with Crippen LogP contribution in [0.15, 0.2) is 48.5 Å². The van der Waals surface area contributed by atoms with Gasteiger partial charge in [0.15, 0.2) is 18.5 Å². The van der Waals surface area contributed by atoms with Gasteiger partial charge in [-0.2, -0.15) is 0 Å². The summed E-state index contributed by atoms with van der Waals surface area (Å²) < 4.78 is 0. The fraction of sp³-hybridized carbons (Fsp3) is 0.250. The van der Waals surface area contributed by atoms with Gasteiger partial charge in [0, 0.05) is 22.9 Å². The smallest absolute Gasteiger partial charge is 0.0843 e. The van der Waals surface area contributed by atoms with Crippen molar-refractivity contribution < 1.29 is 0 Å². The lowest BCUT2D eigenvalue weighted by atomic mass is 10.2. The molecule has 0 N–H and O–H groups in total. The molecule has 0 amide bonds. The van der Waals surface area contributed by atoms with E-state index in [-0.39, 0.29) is 6.70 Å². The molecule has 0 aliphatic heterocycles. The summed E-state index contributed by atoms with van der Waals surface area (Å²) in [5.74, 6) is 0. The summed E-state index contributed by atoms with van der Waals surface area (Å²) in [6.07, 6.45) is 4.29. The van der Waals surface area contributed by atoms with Gasteiger partial charge in [0.2, 0.25) is 0 Å². The molecule has 0 saturated heterocycles. The normalized spacial score (nSPS) is 10.5. The molecule has 0 saturated carbocycles. The average molecular weight is 342 g/mol.